The molecule has 0 radical (unpaired) electrons. The lowest BCUT2D eigenvalue weighted by atomic mass is 9.99. The first kappa shape index (κ1) is 11.7. The SMILES string of the molecule is CCC=CCCCC(C)CCC. The van der Waals surface area contributed by atoms with Crippen LogP contribution < -0.4 is 0 Å². The molecular formula is C12H24. The van der Waals surface area contributed by atoms with Gasteiger partial charge < -0.3 is 0 Å². The summed E-state index contributed by atoms with van der Waals surface area (Å²) in [5.41, 5.74) is 0. The highest BCUT2D eigenvalue weighted by molar-refractivity contribution is 4.79. The Morgan fingerprint density at radius 2 is 1.83 bits per heavy atom. The Kier molecular flexibility index (Phi) is 8.64. The van der Waals surface area contributed by atoms with Gasteiger partial charge in [-0.25, -0.2) is 0 Å². The van der Waals surface area contributed by atoms with Crippen molar-refractivity contribution in [3.8, 4) is 0 Å². The average molecular weight is 168 g/mol. The zero-order valence-electron chi connectivity index (χ0n) is 8.97. The van der Waals surface area contributed by atoms with Crippen molar-refractivity contribution < 1.29 is 0 Å². The third kappa shape index (κ3) is 7.84. The molecule has 0 saturated heterocycles. The number of allylic oxidation sites excluding steroid dienone is 2. The monoisotopic (exact) mass is 168 g/mol. The Morgan fingerprint density at radius 1 is 1.08 bits per heavy atom. The van der Waals surface area contributed by atoms with Crippen molar-refractivity contribution in [3.05, 3.63) is 12.2 Å². The summed E-state index contributed by atoms with van der Waals surface area (Å²) >= 11 is 0. The van der Waals surface area contributed by atoms with Crippen LogP contribution in [-0.4, -0.2) is 0 Å². The molecule has 0 aromatic carbocycles. The van der Waals surface area contributed by atoms with E-state index in [2.05, 4.69) is 32.9 Å². The molecule has 0 saturated carbocycles. The van der Waals surface area contributed by atoms with Gasteiger partial charge in [-0.05, 0) is 25.2 Å². The molecule has 0 bridgehead atoms. The summed E-state index contributed by atoms with van der Waals surface area (Å²) in [7, 11) is 0. The van der Waals surface area contributed by atoms with Gasteiger partial charge in [-0.3, -0.25) is 0 Å². The largest absolute Gasteiger partial charge is 0.0888 e. The third-order valence-electron chi connectivity index (χ3n) is 2.25. The van der Waals surface area contributed by atoms with Gasteiger partial charge in [0.05, 0.1) is 0 Å². The lowest BCUT2D eigenvalue weighted by Gasteiger charge is -2.07. The van der Waals surface area contributed by atoms with E-state index in [1.807, 2.05) is 0 Å². The number of rotatable bonds is 7. The van der Waals surface area contributed by atoms with Crippen LogP contribution in [0.4, 0.5) is 0 Å². The molecule has 0 aliphatic carbocycles. The first-order chi connectivity index (χ1) is 5.81. The second kappa shape index (κ2) is 8.83. The normalized spacial score (nSPS) is 13.9. The van der Waals surface area contributed by atoms with Gasteiger partial charge in [0.1, 0.15) is 0 Å². The van der Waals surface area contributed by atoms with E-state index in [1.54, 1.807) is 0 Å². The quantitative estimate of drug-likeness (QED) is 0.386. The minimum atomic E-state index is 0.935. The molecule has 0 aliphatic rings. The average Bonchev–Trinajstić information content (AvgIpc) is 2.05. The summed E-state index contributed by atoms with van der Waals surface area (Å²) < 4.78 is 0. The van der Waals surface area contributed by atoms with Crippen molar-refractivity contribution in [2.75, 3.05) is 0 Å². The molecule has 0 spiro atoms. The molecule has 0 rings (SSSR count). The smallest absolute Gasteiger partial charge is 0.0351 e. The minimum Gasteiger partial charge on any atom is -0.0888 e. The van der Waals surface area contributed by atoms with E-state index >= 15 is 0 Å². The van der Waals surface area contributed by atoms with Crippen molar-refractivity contribution in [2.45, 2.75) is 59.3 Å². The van der Waals surface area contributed by atoms with Crippen molar-refractivity contribution in [1.82, 2.24) is 0 Å². The Morgan fingerprint density at radius 3 is 2.42 bits per heavy atom. The van der Waals surface area contributed by atoms with Crippen LogP contribution in [0.5, 0.6) is 0 Å². The molecule has 0 aromatic heterocycles. The molecule has 0 heterocycles. The lowest BCUT2D eigenvalue weighted by Crippen LogP contribution is -1.92. The van der Waals surface area contributed by atoms with Gasteiger partial charge >= 0.3 is 0 Å². The molecule has 0 amide bonds. The molecule has 0 nitrogen and oxygen atoms in total. The van der Waals surface area contributed by atoms with Crippen LogP contribution in [-0.2, 0) is 0 Å². The maximum absolute atomic E-state index is 2.37. The van der Waals surface area contributed by atoms with Crippen LogP contribution in [0.3, 0.4) is 0 Å². The van der Waals surface area contributed by atoms with E-state index in [0.29, 0.717) is 0 Å². The van der Waals surface area contributed by atoms with Crippen LogP contribution in [0.15, 0.2) is 12.2 Å². The highest BCUT2D eigenvalue weighted by Gasteiger charge is 1.98. The molecule has 1 unspecified atom stereocenters. The van der Waals surface area contributed by atoms with Crippen LogP contribution >= 0.6 is 0 Å². The van der Waals surface area contributed by atoms with Gasteiger partial charge in [0.2, 0.25) is 0 Å². The summed E-state index contributed by atoms with van der Waals surface area (Å²) in [6, 6.07) is 0. The molecular weight excluding hydrogens is 144 g/mol. The second-order valence-electron chi connectivity index (χ2n) is 3.70. The standard InChI is InChI=1S/C12H24/c1-4-6-7-8-9-11-12(3)10-5-2/h6-7,12H,4-5,8-11H2,1-3H3. The van der Waals surface area contributed by atoms with Crippen LogP contribution in [0.1, 0.15) is 59.3 Å². The van der Waals surface area contributed by atoms with Gasteiger partial charge in [0, 0.05) is 0 Å². The molecule has 1 atom stereocenters. The molecule has 0 N–H and O–H groups in total. The third-order valence-corrected chi connectivity index (χ3v) is 2.25. The molecule has 12 heavy (non-hydrogen) atoms. The topological polar surface area (TPSA) is 0 Å². The van der Waals surface area contributed by atoms with Crippen LogP contribution in [0.25, 0.3) is 0 Å². The minimum absolute atomic E-state index is 0.935. The zero-order chi connectivity index (χ0) is 9.23. The summed E-state index contributed by atoms with van der Waals surface area (Å²) in [6.45, 7) is 6.83. The van der Waals surface area contributed by atoms with Crippen molar-refractivity contribution in [3.63, 3.8) is 0 Å². The van der Waals surface area contributed by atoms with E-state index in [0.717, 1.165) is 5.92 Å². The highest BCUT2D eigenvalue weighted by atomic mass is 14.0. The predicted octanol–water partition coefficient (Wildman–Crippen LogP) is 4.56. The predicted molar refractivity (Wildman–Crippen MR) is 57.4 cm³/mol. The molecule has 0 aliphatic heterocycles. The van der Waals surface area contributed by atoms with Crippen molar-refractivity contribution >= 4 is 0 Å². The van der Waals surface area contributed by atoms with Crippen LogP contribution in [0.2, 0.25) is 0 Å². The zero-order valence-corrected chi connectivity index (χ0v) is 8.97. The van der Waals surface area contributed by atoms with E-state index in [1.165, 1.54) is 38.5 Å². The maximum atomic E-state index is 2.37. The van der Waals surface area contributed by atoms with Crippen molar-refractivity contribution in [2.24, 2.45) is 5.92 Å². The summed E-state index contributed by atoms with van der Waals surface area (Å²) in [5.74, 6) is 0.935. The van der Waals surface area contributed by atoms with Gasteiger partial charge in [0.15, 0.2) is 0 Å². The number of hydrogen-bond donors (Lipinski definition) is 0. The van der Waals surface area contributed by atoms with E-state index in [4.69, 9.17) is 0 Å². The van der Waals surface area contributed by atoms with E-state index < -0.39 is 0 Å². The fraction of sp³-hybridized carbons (Fsp3) is 0.833. The number of hydrogen-bond acceptors (Lipinski definition) is 0. The first-order valence-corrected chi connectivity index (χ1v) is 5.46. The first-order valence-electron chi connectivity index (χ1n) is 5.46. The van der Waals surface area contributed by atoms with Crippen LogP contribution in [0, 0.1) is 5.92 Å². The lowest BCUT2D eigenvalue weighted by molar-refractivity contribution is 0.471. The molecule has 0 aromatic rings. The van der Waals surface area contributed by atoms with Gasteiger partial charge in [-0.1, -0.05) is 52.2 Å². The summed E-state index contributed by atoms with van der Waals surface area (Å²) in [6.07, 6.45) is 12.6. The van der Waals surface area contributed by atoms with Gasteiger partial charge in [-0.15, -0.1) is 0 Å². The maximum Gasteiger partial charge on any atom is -0.0351 e. The fourth-order valence-corrected chi connectivity index (χ4v) is 1.51. The van der Waals surface area contributed by atoms with Gasteiger partial charge in [-0.2, -0.15) is 0 Å². The molecule has 0 heteroatoms. The Balaban J connectivity index is 3.13. The Bertz CT molecular complexity index is 103. The highest BCUT2D eigenvalue weighted by Crippen LogP contribution is 2.13. The second-order valence-corrected chi connectivity index (χ2v) is 3.70. The van der Waals surface area contributed by atoms with E-state index in [-0.39, 0.29) is 0 Å². The van der Waals surface area contributed by atoms with Crippen molar-refractivity contribution in [1.29, 1.82) is 0 Å². The summed E-state index contributed by atoms with van der Waals surface area (Å²) in [4.78, 5) is 0. The molecule has 72 valence electrons. The Labute approximate surface area is 78.1 Å². The fourth-order valence-electron chi connectivity index (χ4n) is 1.51. The Hall–Kier alpha value is -0.260. The number of unbranched alkanes of at least 4 members (excludes halogenated alkanes) is 1. The van der Waals surface area contributed by atoms with Gasteiger partial charge in [0.25, 0.3) is 0 Å². The molecule has 0 fully saturated rings. The summed E-state index contributed by atoms with van der Waals surface area (Å²) in [5, 5.41) is 0. The van der Waals surface area contributed by atoms with E-state index in [9.17, 15) is 0 Å².